The highest BCUT2D eigenvalue weighted by Gasteiger charge is 2.35. The van der Waals surface area contributed by atoms with Crippen molar-refractivity contribution in [2.45, 2.75) is 32.4 Å². The molecular formula is C22H25N3O3S. The molecule has 1 fully saturated rings. The fourth-order valence-electron chi connectivity index (χ4n) is 2.99. The van der Waals surface area contributed by atoms with Crippen LogP contribution < -0.4 is 10.1 Å². The Kier molecular flexibility index (Phi) is 6.93. The molecule has 2 aromatic rings. The number of carbonyl (C=O) groups is 2. The molecule has 3 rings (SSSR count). The Hall–Kier alpha value is -2.80. The number of nitrogens with zero attached hydrogens (tertiary/aromatic N) is 2. The zero-order valence-electron chi connectivity index (χ0n) is 16.8. The molecule has 29 heavy (non-hydrogen) atoms. The molecule has 1 aliphatic heterocycles. The molecular weight excluding hydrogens is 386 g/mol. The summed E-state index contributed by atoms with van der Waals surface area (Å²) in [7, 11) is 0. The highest BCUT2D eigenvalue weighted by molar-refractivity contribution is 8.15. The van der Waals surface area contributed by atoms with E-state index in [1.807, 2.05) is 69.3 Å². The minimum atomic E-state index is -0.521. The minimum Gasteiger partial charge on any atom is -0.494 e. The first-order chi connectivity index (χ1) is 14.0. The van der Waals surface area contributed by atoms with Crippen molar-refractivity contribution in [3.63, 3.8) is 0 Å². The third-order valence-electron chi connectivity index (χ3n) is 4.41. The van der Waals surface area contributed by atoms with Crippen LogP contribution in [0.2, 0.25) is 0 Å². The summed E-state index contributed by atoms with van der Waals surface area (Å²) in [5.41, 5.74) is 2.50. The molecule has 2 amide bonds. The van der Waals surface area contributed by atoms with E-state index in [0.717, 1.165) is 17.0 Å². The number of nitrogens with one attached hydrogen (secondary N) is 1. The van der Waals surface area contributed by atoms with Crippen molar-refractivity contribution in [1.29, 1.82) is 0 Å². The van der Waals surface area contributed by atoms with Crippen LogP contribution in [0.3, 0.4) is 0 Å². The number of amides is 2. The van der Waals surface area contributed by atoms with E-state index in [1.54, 1.807) is 4.90 Å². The van der Waals surface area contributed by atoms with Crippen molar-refractivity contribution in [1.82, 2.24) is 4.90 Å². The van der Waals surface area contributed by atoms with Crippen LogP contribution in [0.15, 0.2) is 53.5 Å². The minimum absolute atomic E-state index is 0.0969. The molecule has 6 nitrogen and oxygen atoms in total. The van der Waals surface area contributed by atoms with Gasteiger partial charge in [0.15, 0.2) is 5.17 Å². The molecule has 152 valence electrons. The van der Waals surface area contributed by atoms with Gasteiger partial charge in [0.2, 0.25) is 11.8 Å². The van der Waals surface area contributed by atoms with Crippen LogP contribution in [-0.2, 0) is 9.59 Å². The summed E-state index contributed by atoms with van der Waals surface area (Å²) in [6.07, 6.45) is 0.151. The fraction of sp³-hybridized carbons (Fsp3) is 0.318. The van der Waals surface area contributed by atoms with Crippen molar-refractivity contribution < 1.29 is 14.3 Å². The van der Waals surface area contributed by atoms with Gasteiger partial charge in [0.05, 0.1) is 12.3 Å². The molecule has 1 N–H and O–H groups in total. The van der Waals surface area contributed by atoms with Crippen LogP contribution in [0.5, 0.6) is 5.75 Å². The van der Waals surface area contributed by atoms with Crippen LogP contribution in [0.1, 0.15) is 25.8 Å². The molecule has 0 spiro atoms. The predicted octanol–water partition coefficient (Wildman–Crippen LogP) is 4.37. The zero-order chi connectivity index (χ0) is 20.8. The first kappa shape index (κ1) is 20.9. The number of amidine groups is 1. The van der Waals surface area contributed by atoms with Gasteiger partial charge in [-0.05, 0) is 62.7 Å². The Labute approximate surface area is 175 Å². The lowest BCUT2D eigenvalue weighted by Crippen LogP contribution is -2.45. The molecule has 1 aliphatic rings. The first-order valence-electron chi connectivity index (χ1n) is 9.66. The van der Waals surface area contributed by atoms with Crippen LogP contribution in [0.4, 0.5) is 11.4 Å². The van der Waals surface area contributed by atoms with E-state index in [-0.39, 0.29) is 18.2 Å². The number of hydrogen-bond acceptors (Lipinski definition) is 5. The fourth-order valence-corrected chi connectivity index (χ4v) is 4.15. The van der Waals surface area contributed by atoms with Crippen molar-refractivity contribution in [2.75, 3.05) is 18.5 Å². The molecule has 7 heteroatoms. The second-order valence-electron chi connectivity index (χ2n) is 6.63. The highest BCUT2D eigenvalue weighted by Crippen LogP contribution is 2.30. The standard InChI is InChI=1S/C22H25N3O3S/c1-4-25-20(26)14-19(21(27)23-17-8-6-7-15(3)13-17)29-22(25)24-16-9-11-18(12-10-16)28-5-2/h6-13,19H,4-5,14H2,1-3H3,(H,23,27). The Morgan fingerprint density at radius 2 is 2.00 bits per heavy atom. The maximum Gasteiger partial charge on any atom is 0.238 e. The lowest BCUT2D eigenvalue weighted by Gasteiger charge is -2.30. The Bertz CT molecular complexity index is 912. The predicted molar refractivity (Wildman–Crippen MR) is 118 cm³/mol. The smallest absolute Gasteiger partial charge is 0.238 e. The molecule has 0 aromatic heterocycles. The zero-order valence-corrected chi connectivity index (χ0v) is 17.7. The van der Waals surface area contributed by atoms with E-state index in [0.29, 0.717) is 24.0 Å². The number of aliphatic imine (C=N–C) groups is 1. The first-order valence-corrected chi connectivity index (χ1v) is 10.5. The van der Waals surface area contributed by atoms with Gasteiger partial charge in [-0.2, -0.15) is 0 Å². The maximum atomic E-state index is 12.8. The third kappa shape index (κ3) is 5.38. The number of hydrogen-bond donors (Lipinski definition) is 1. The summed E-state index contributed by atoms with van der Waals surface area (Å²) in [4.78, 5) is 31.6. The van der Waals surface area contributed by atoms with E-state index in [4.69, 9.17) is 4.74 Å². The maximum absolute atomic E-state index is 12.8. The topological polar surface area (TPSA) is 71.0 Å². The number of ether oxygens (including phenoxy) is 1. The van der Waals surface area contributed by atoms with E-state index < -0.39 is 5.25 Å². The van der Waals surface area contributed by atoms with E-state index in [2.05, 4.69) is 10.3 Å². The molecule has 1 heterocycles. The molecule has 0 bridgehead atoms. The van der Waals surface area contributed by atoms with Crippen LogP contribution >= 0.6 is 11.8 Å². The monoisotopic (exact) mass is 411 g/mol. The highest BCUT2D eigenvalue weighted by atomic mass is 32.2. The Morgan fingerprint density at radius 1 is 1.24 bits per heavy atom. The lowest BCUT2D eigenvalue weighted by atomic mass is 10.2. The van der Waals surface area contributed by atoms with Gasteiger partial charge in [0, 0.05) is 18.7 Å². The second kappa shape index (κ2) is 9.60. The van der Waals surface area contributed by atoms with Crippen molar-refractivity contribution in [3.8, 4) is 5.75 Å². The van der Waals surface area contributed by atoms with Gasteiger partial charge in [-0.25, -0.2) is 4.99 Å². The molecule has 0 radical (unpaired) electrons. The average molecular weight is 412 g/mol. The molecule has 1 unspecified atom stereocenters. The molecule has 2 aromatic carbocycles. The summed E-state index contributed by atoms with van der Waals surface area (Å²) < 4.78 is 5.45. The van der Waals surface area contributed by atoms with Gasteiger partial charge in [-0.15, -0.1) is 0 Å². The van der Waals surface area contributed by atoms with Gasteiger partial charge in [-0.1, -0.05) is 23.9 Å². The summed E-state index contributed by atoms with van der Waals surface area (Å²) in [6, 6.07) is 15.0. The van der Waals surface area contributed by atoms with Gasteiger partial charge < -0.3 is 10.1 Å². The van der Waals surface area contributed by atoms with Crippen molar-refractivity contribution in [3.05, 3.63) is 54.1 Å². The van der Waals surface area contributed by atoms with Crippen molar-refractivity contribution in [2.24, 2.45) is 4.99 Å². The SMILES string of the molecule is CCOc1ccc(N=C2SC(C(=O)Nc3cccc(C)c3)CC(=O)N2CC)cc1. The molecule has 1 atom stereocenters. The summed E-state index contributed by atoms with van der Waals surface area (Å²) >= 11 is 1.32. The van der Waals surface area contributed by atoms with Gasteiger partial charge >= 0.3 is 0 Å². The van der Waals surface area contributed by atoms with Crippen LogP contribution in [0.25, 0.3) is 0 Å². The van der Waals surface area contributed by atoms with Crippen LogP contribution in [-0.4, -0.2) is 40.3 Å². The van der Waals surface area contributed by atoms with E-state index >= 15 is 0 Å². The van der Waals surface area contributed by atoms with E-state index in [1.165, 1.54) is 11.8 Å². The normalized spacial score (nSPS) is 18.0. The van der Waals surface area contributed by atoms with Crippen LogP contribution in [0, 0.1) is 6.92 Å². The number of carbonyl (C=O) groups excluding carboxylic acids is 2. The summed E-state index contributed by atoms with van der Waals surface area (Å²) in [6.45, 7) is 6.90. The van der Waals surface area contributed by atoms with Gasteiger partial charge in [0.1, 0.15) is 11.0 Å². The average Bonchev–Trinajstić information content (AvgIpc) is 2.69. The van der Waals surface area contributed by atoms with Gasteiger partial charge in [0.25, 0.3) is 0 Å². The molecule has 1 saturated heterocycles. The molecule has 0 aliphatic carbocycles. The number of rotatable bonds is 6. The number of benzene rings is 2. The van der Waals surface area contributed by atoms with E-state index in [9.17, 15) is 9.59 Å². The summed E-state index contributed by atoms with van der Waals surface area (Å²) in [5, 5.41) is 2.93. The Balaban J connectivity index is 1.78. The largest absolute Gasteiger partial charge is 0.494 e. The lowest BCUT2D eigenvalue weighted by molar-refractivity contribution is -0.129. The second-order valence-corrected chi connectivity index (χ2v) is 7.80. The third-order valence-corrected chi connectivity index (χ3v) is 5.59. The molecule has 0 saturated carbocycles. The Morgan fingerprint density at radius 3 is 2.66 bits per heavy atom. The quantitative estimate of drug-likeness (QED) is 0.766. The summed E-state index contributed by atoms with van der Waals surface area (Å²) in [5.74, 6) is 0.482. The van der Waals surface area contributed by atoms with Gasteiger partial charge in [-0.3, -0.25) is 14.5 Å². The number of thioether (sulfide) groups is 1. The number of aryl methyl sites for hydroxylation is 1. The number of anilines is 1. The van der Waals surface area contributed by atoms with Crippen molar-refractivity contribution >= 4 is 40.1 Å².